The van der Waals surface area contributed by atoms with Crippen molar-refractivity contribution in [3.05, 3.63) is 65.7 Å². The van der Waals surface area contributed by atoms with E-state index in [1.54, 1.807) is 42.6 Å². The monoisotopic (exact) mass is 597 g/mol. The quantitative estimate of drug-likeness (QED) is 0.324. The van der Waals surface area contributed by atoms with E-state index in [4.69, 9.17) is 4.74 Å². The van der Waals surface area contributed by atoms with Crippen molar-refractivity contribution in [1.29, 1.82) is 0 Å². The predicted molar refractivity (Wildman–Crippen MR) is 144 cm³/mol. The number of methoxy groups -OCH3 is 1. The Balaban J connectivity index is 1.72. The van der Waals surface area contributed by atoms with E-state index in [1.807, 2.05) is 4.72 Å². The molecule has 0 saturated carbocycles. The van der Waals surface area contributed by atoms with Gasteiger partial charge in [0.25, 0.3) is 10.0 Å². The van der Waals surface area contributed by atoms with Gasteiger partial charge in [0, 0.05) is 38.0 Å². The lowest BCUT2D eigenvalue weighted by molar-refractivity contribution is -0.173. The smallest absolute Gasteiger partial charge is 0.379 e. The summed E-state index contributed by atoms with van der Waals surface area (Å²) in [7, 11) is -2.84. The van der Waals surface area contributed by atoms with Gasteiger partial charge in [0.05, 0.1) is 11.0 Å². The highest BCUT2D eigenvalue weighted by atomic mass is 32.2. The van der Waals surface area contributed by atoms with E-state index in [1.165, 1.54) is 19.2 Å². The number of amides is 2. The molecule has 1 aliphatic rings. The molecule has 9 nitrogen and oxygen atoms in total. The zero-order valence-corrected chi connectivity index (χ0v) is 23.6. The molecule has 13 heteroatoms. The number of carbonyl (C=O) groups excluding carboxylic acids is 3. The number of halogens is 3. The number of hydrogen-bond acceptors (Lipinski definition) is 7. The molecule has 3 N–H and O–H groups in total. The molecule has 3 rings (SSSR count). The lowest BCUT2D eigenvalue weighted by atomic mass is 9.85. The molecule has 41 heavy (non-hydrogen) atoms. The van der Waals surface area contributed by atoms with Crippen LogP contribution in [0.15, 0.2) is 59.5 Å². The summed E-state index contributed by atoms with van der Waals surface area (Å²) in [4.78, 5) is 37.3. The van der Waals surface area contributed by atoms with E-state index in [2.05, 4.69) is 5.32 Å². The summed E-state index contributed by atoms with van der Waals surface area (Å²) in [6.07, 6.45) is -3.70. The minimum Gasteiger partial charge on any atom is -0.379 e. The molecule has 2 aromatic carbocycles. The van der Waals surface area contributed by atoms with Crippen molar-refractivity contribution in [3.63, 3.8) is 0 Å². The van der Waals surface area contributed by atoms with Crippen LogP contribution in [0.4, 0.5) is 13.2 Å². The van der Waals surface area contributed by atoms with Crippen LogP contribution in [0.3, 0.4) is 0 Å². The highest BCUT2D eigenvalue weighted by molar-refractivity contribution is 7.90. The van der Waals surface area contributed by atoms with E-state index >= 15 is 0 Å². The first-order valence-corrected chi connectivity index (χ1v) is 14.6. The Morgan fingerprint density at radius 2 is 1.71 bits per heavy atom. The number of Topliss-reactive ketones (excluding diaryl/α,β-unsaturated/α-hetero) is 1. The Hall–Kier alpha value is -3.29. The number of ketones is 1. The molecule has 0 bridgehead atoms. The van der Waals surface area contributed by atoms with Crippen molar-refractivity contribution < 1.29 is 40.7 Å². The van der Waals surface area contributed by atoms with Crippen LogP contribution in [0.2, 0.25) is 0 Å². The molecule has 224 valence electrons. The largest absolute Gasteiger partial charge is 0.471 e. The number of rotatable bonds is 13. The fourth-order valence-electron chi connectivity index (χ4n) is 4.82. The molecule has 0 spiro atoms. The molecular formula is C28H34F3N3O6S. The van der Waals surface area contributed by atoms with E-state index in [9.17, 15) is 36.0 Å². The maximum absolute atomic E-state index is 13.3. The summed E-state index contributed by atoms with van der Waals surface area (Å²) in [6.45, 7) is 2.10. The summed E-state index contributed by atoms with van der Waals surface area (Å²) in [6, 6.07) is 13.6. The van der Waals surface area contributed by atoms with Crippen LogP contribution in [-0.4, -0.2) is 58.0 Å². The number of alkyl halides is 3. The van der Waals surface area contributed by atoms with Crippen molar-refractivity contribution in [3.8, 4) is 0 Å². The van der Waals surface area contributed by atoms with Crippen molar-refractivity contribution in [2.45, 2.75) is 62.4 Å². The van der Waals surface area contributed by atoms with Gasteiger partial charge < -0.3 is 15.4 Å². The highest BCUT2D eigenvalue weighted by Gasteiger charge is 2.38. The predicted octanol–water partition coefficient (Wildman–Crippen LogP) is 2.89. The van der Waals surface area contributed by atoms with E-state index < -0.39 is 52.5 Å². The van der Waals surface area contributed by atoms with Crippen LogP contribution in [-0.2, 0) is 42.1 Å². The molecule has 1 heterocycles. The molecular weight excluding hydrogens is 563 g/mol. The van der Waals surface area contributed by atoms with Crippen LogP contribution < -0.4 is 15.4 Å². The van der Waals surface area contributed by atoms with Crippen LogP contribution in [0.25, 0.3) is 0 Å². The van der Waals surface area contributed by atoms with Gasteiger partial charge in [-0.15, -0.1) is 0 Å². The maximum Gasteiger partial charge on any atom is 0.471 e. The zero-order valence-electron chi connectivity index (χ0n) is 22.7. The van der Waals surface area contributed by atoms with Gasteiger partial charge in [0.1, 0.15) is 5.78 Å². The minimum absolute atomic E-state index is 0.00508. The van der Waals surface area contributed by atoms with Gasteiger partial charge in [-0.3, -0.25) is 14.4 Å². The third kappa shape index (κ3) is 9.10. The van der Waals surface area contributed by atoms with E-state index in [-0.39, 0.29) is 35.1 Å². The number of ether oxygens (including phenoxy) is 1. The molecule has 0 aromatic heterocycles. The Morgan fingerprint density at radius 1 is 1.05 bits per heavy atom. The first kappa shape index (κ1) is 32.2. The van der Waals surface area contributed by atoms with Crippen molar-refractivity contribution in [2.75, 3.05) is 13.7 Å². The Bertz CT molecular complexity index is 1300. The number of hydrogen-bond donors (Lipinski definition) is 3. The molecule has 1 saturated heterocycles. The summed E-state index contributed by atoms with van der Waals surface area (Å²) in [5.74, 6) is -4.74. The number of carbonyl (C=O) groups is 3. The third-order valence-corrected chi connectivity index (χ3v) is 8.45. The second kappa shape index (κ2) is 14.1. The molecule has 4 atom stereocenters. The standard InChI is InChI=1S/C28H34F3N3O6S/c1-18(25(40-2)23-9-6-14-32-23)24(35)16-21(15-19-7-4-3-5-8-19)26(36)34-41(38,39)22-12-10-20(11-13-22)17-33-27(37)28(29,30)31/h3-5,7-8,10-13,18,21,23,25,32H,6,9,14-17H2,1-2H3,(H,33,37)(H,34,36)/t18-,21+,23-,25+/m0/s1. The Labute approximate surface area is 237 Å². The second-order valence-electron chi connectivity index (χ2n) is 10.0. The average molecular weight is 598 g/mol. The summed E-state index contributed by atoms with van der Waals surface area (Å²) in [5.41, 5.74) is 0.968. The maximum atomic E-state index is 13.3. The molecule has 1 aliphatic heterocycles. The number of sulfonamides is 1. The highest BCUT2D eigenvalue weighted by Crippen LogP contribution is 2.24. The van der Waals surface area contributed by atoms with Gasteiger partial charge in [0.15, 0.2) is 0 Å². The van der Waals surface area contributed by atoms with Crippen molar-refractivity contribution >= 4 is 27.6 Å². The molecule has 0 aliphatic carbocycles. The second-order valence-corrected chi connectivity index (χ2v) is 11.7. The fraction of sp³-hybridized carbons (Fsp3) is 0.464. The third-order valence-electron chi connectivity index (χ3n) is 7.09. The van der Waals surface area contributed by atoms with Crippen molar-refractivity contribution in [2.24, 2.45) is 11.8 Å². The summed E-state index contributed by atoms with van der Waals surface area (Å²) >= 11 is 0. The van der Waals surface area contributed by atoms with E-state index in [0.29, 0.717) is 0 Å². The first-order valence-electron chi connectivity index (χ1n) is 13.1. The van der Waals surface area contributed by atoms with Crippen molar-refractivity contribution in [1.82, 2.24) is 15.4 Å². The zero-order chi connectivity index (χ0) is 30.2. The summed E-state index contributed by atoms with van der Waals surface area (Å²) in [5, 5.41) is 5.02. The first-order chi connectivity index (χ1) is 19.3. The molecule has 2 amide bonds. The van der Waals surface area contributed by atoms with Crippen LogP contribution >= 0.6 is 0 Å². The van der Waals surface area contributed by atoms with Gasteiger partial charge in [0.2, 0.25) is 5.91 Å². The number of benzene rings is 2. The lowest BCUT2D eigenvalue weighted by Gasteiger charge is -2.28. The van der Waals surface area contributed by atoms with E-state index in [0.717, 1.165) is 37.1 Å². The lowest BCUT2D eigenvalue weighted by Crippen LogP contribution is -2.44. The Kier molecular flexibility index (Phi) is 11.0. The van der Waals surface area contributed by atoms with Crippen LogP contribution in [0.5, 0.6) is 0 Å². The number of nitrogens with one attached hydrogen (secondary N) is 3. The van der Waals surface area contributed by atoms with Gasteiger partial charge in [-0.1, -0.05) is 49.4 Å². The topological polar surface area (TPSA) is 131 Å². The van der Waals surface area contributed by atoms with Crippen LogP contribution in [0, 0.1) is 11.8 Å². The average Bonchev–Trinajstić information content (AvgIpc) is 3.46. The normalized spacial score (nSPS) is 17.8. The molecule has 1 fully saturated rings. The Morgan fingerprint density at radius 3 is 2.27 bits per heavy atom. The fourth-order valence-corrected chi connectivity index (χ4v) is 5.86. The van der Waals surface area contributed by atoms with Gasteiger partial charge >= 0.3 is 12.1 Å². The van der Waals surface area contributed by atoms with Crippen LogP contribution in [0.1, 0.15) is 37.3 Å². The summed E-state index contributed by atoms with van der Waals surface area (Å²) < 4.78 is 70.8. The molecule has 0 unspecified atom stereocenters. The van der Waals surface area contributed by atoms with Gasteiger partial charge in [-0.25, -0.2) is 13.1 Å². The minimum atomic E-state index is -5.04. The molecule has 0 radical (unpaired) electrons. The SMILES string of the molecule is CO[C@@H]([C@@H]1CCCN1)[C@@H](C)C(=O)C[C@@H](Cc1ccccc1)C(=O)NS(=O)(=O)c1ccc(CNC(=O)C(F)(F)F)cc1. The molecule has 2 aromatic rings. The van der Waals surface area contributed by atoms with Gasteiger partial charge in [-0.2, -0.15) is 13.2 Å². The van der Waals surface area contributed by atoms with Gasteiger partial charge in [-0.05, 0) is 49.1 Å².